The van der Waals surface area contributed by atoms with Gasteiger partial charge in [0.25, 0.3) is 5.91 Å². The van der Waals surface area contributed by atoms with Crippen LogP contribution in [0.1, 0.15) is 10.4 Å². The molecule has 3 aromatic rings. The standard InChI is InChI=1S/C20H22N4O/c1-23-11-13-24(14-12-23)16-7-5-15(6-8-16)22-20(25)18-3-2-4-19-17(18)9-10-21-19/h2-10,21H,11-14H2,1H3,(H,22,25). The van der Waals surface area contributed by atoms with E-state index >= 15 is 0 Å². The molecule has 1 fully saturated rings. The number of hydrogen-bond donors (Lipinski definition) is 2. The van der Waals surface area contributed by atoms with Gasteiger partial charge in [0.2, 0.25) is 0 Å². The largest absolute Gasteiger partial charge is 0.369 e. The first-order valence-corrected chi connectivity index (χ1v) is 8.62. The highest BCUT2D eigenvalue weighted by Crippen LogP contribution is 2.22. The van der Waals surface area contributed by atoms with E-state index in [0.717, 1.165) is 42.8 Å². The Morgan fingerprint density at radius 1 is 1.00 bits per heavy atom. The van der Waals surface area contributed by atoms with Gasteiger partial charge in [0.05, 0.1) is 0 Å². The Kier molecular flexibility index (Phi) is 4.15. The van der Waals surface area contributed by atoms with Gasteiger partial charge in [-0.15, -0.1) is 0 Å². The van der Waals surface area contributed by atoms with Gasteiger partial charge in [0.15, 0.2) is 0 Å². The van der Waals surface area contributed by atoms with Crippen molar-refractivity contribution >= 4 is 28.2 Å². The summed E-state index contributed by atoms with van der Waals surface area (Å²) >= 11 is 0. The van der Waals surface area contributed by atoms with E-state index in [1.54, 1.807) is 0 Å². The molecule has 0 unspecified atom stereocenters. The second-order valence-electron chi connectivity index (χ2n) is 6.54. The van der Waals surface area contributed by atoms with Gasteiger partial charge in [-0.3, -0.25) is 4.79 Å². The molecule has 1 aromatic heterocycles. The SMILES string of the molecule is CN1CCN(c2ccc(NC(=O)c3cccc4[nH]ccc34)cc2)CC1. The fourth-order valence-corrected chi connectivity index (χ4v) is 3.30. The predicted octanol–water partition coefficient (Wildman–Crippen LogP) is 3.17. The Morgan fingerprint density at radius 3 is 2.52 bits per heavy atom. The van der Waals surface area contributed by atoms with Crippen molar-refractivity contribution in [3.63, 3.8) is 0 Å². The Balaban J connectivity index is 1.47. The first-order chi connectivity index (χ1) is 12.2. The molecule has 0 aliphatic carbocycles. The molecule has 5 nitrogen and oxygen atoms in total. The van der Waals surface area contributed by atoms with E-state index < -0.39 is 0 Å². The molecule has 0 atom stereocenters. The third-order valence-electron chi connectivity index (χ3n) is 4.83. The number of anilines is 2. The maximum absolute atomic E-state index is 12.6. The molecular formula is C20H22N4O. The Hall–Kier alpha value is -2.79. The monoisotopic (exact) mass is 334 g/mol. The summed E-state index contributed by atoms with van der Waals surface area (Å²) in [6, 6.07) is 15.8. The molecule has 0 spiro atoms. The summed E-state index contributed by atoms with van der Waals surface area (Å²) in [5.74, 6) is -0.0856. The van der Waals surface area contributed by atoms with Gasteiger partial charge in [-0.1, -0.05) is 6.07 Å². The van der Waals surface area contributed by atoms with Crippen molar-refractivity contribution < 1.29 is 4.79 Å². The summed E-state index contributed by atoms with van der Waals surface area (Å²) in [4.78, 5) is 20.5. The molecule has 2 N–H and O–H groups in total. The lowest BCUT2D eigenvalue weighted by Gasteiger charge is -2.34. The molecule has 1 aliphatic heterocycles. The van der Waals surface area contributed by atoms with Crippen LogP contribution in [0, 0.1) is 0 Å². The van der Waals surface area contributed by atoms with E-state index in [9.17, 15) is 4.79 Å². The minimum atomic E-state index is -0.0856. The van der Waals surface area contributed by atoms with E-state index in [0.29, 0.717) is 5.56 Å². The van der Waals surface area contributed by atoms with E-state index in [-0.39, 0.29) is 5.91 Å². The first kappa shape index (κ1) is 15.7. The third-order valence-corrected chi connectivity index (χ3v) is 4.83. The number of benzene rings is 2. The number of rotatable bonds is 3. The number of amides is 1. The highest BCUT2D eigenvalue weighted by atomic mass is 16.1. The summed E-state index contributed by atoms with van der Waals surface area (Å²) in [5, 5.41) is 3.94. The van der Waals surface area contributed by atoms with Gasteiger partial charge in [-0.05, 0) is 49.5 Å². The Labute approximate surface area is 147 Å². The molecule has 4 rings (SSSR count). The molecule has 1 aliphatic rings. The normalized spacial score (nSPS) is 15.5. The number of hydrogen-bond acceptors (Lipinski definition) is 3. The van der Waals surface area contributed by atoms with Crippen LogP contribution >= 0.6 is 0 Å². The van der Waals surface area contributed by atoms with Crippen molar-refractivity contribution in [2.45, 2.75) is 0 Å². The van der Waals surface area contributed by atoms with Gasteiger partial charge in [-0.25, -0.2) is 0 Å². The topological polar surface area (TPSA) is 51.4 Å². The number of H-pyrrole nitrogens is 1. The van der Waals surface area contributed by atoms with E-state index in [4.69, 9.17) is 0 Å². The van der Waals surface area contributed by atoms with Crippen LogP contribution in [0.25, 0.3) is 10.9 Å². The van der Waals surface area contributed by atoms with Crippen molar-refractivity contribution in [2.75, 3.05) is 43.4 Å². The minimum Gasteiger partial charge on any atom is -0.369 e. The number of aromatic nitrogens is 1. The second-order valence-corrected chi connectivity index (χ2v) is 6.54. The Morgan fingerprint density at radius 2 is 1.76 bits per heavy atom. The van der Waals surface area contributed by atoms with Gasteiger partial charge < -0.3 is 20.1 Å². The molecule has 25 heavy (non-hydrogen) atoms. The molecule has 1 saturated heterocycles. The lowest BCUT2D eigenvalue weighted by Crippen LogP contribution is -2.44. The van der Waals surface area contributed by atoms with Gasteiger partial charge in [0.1, 0.15) is 0 Å². The van der Waals surface area contributed by atoms with Crippen molar-refractivity contribution in [1.82, 2.24) is 9.88 Å². The van der Waals surface area contributed by atoms with Crippen LogP contribution in [-0.4, -0.2) is 49.0 Å². The molecule has 0 radical (unpaired) electrons. The number of carbonyl (C=O) groups is 1. The molecule has 128 valence electrons. The van der Waals surface area contributed by atoms with Crippen LogP contribution in [0.2, 0.25) is 0 Å². The summed E-state index contributed by atoms with van der Waals surface area (Å²) < 4.78 is 0. The number of fused-ring (bicyclic) bond motifs is 1. The second kappa shape index (κ2) is 6.61. The fourth-order valence-electron chi connectivity index (χ4n) is 3.30. The lowest BCUT2D eigenvalue weighted by atomic mass is 10.1. The van der Waals surface area contributed by atoms with Crippen LogP contribution < -0.4 is 10.2 Å². The minimum absolute atomic E-state index is 0.0856. The van der Waals surface area contributed by atoms with Gasteiger partial charge in [-0.2, -0.15) is 0 Å². The number of piperazine rings is 1. The first-order valence-electron chi connectivity index (χ1n) is 8.62. The molecule has 0 saturated carbocycles. The quantitative estimate of drug-likeness (QED) is 0.773. The number of nitrogens with one attached hydrogen (secondary N) is 2. The number of likely N-dealkylation sites (N-methyl/N-ethyl adjacent to an activating group) is 1. The van der Waals surface area contributed by atoms with Crippen LogP contribution in [0.4, 0.5) is 11.4 Å². The van der Waals surface area contributed by atoms with Crippen LogP contribution in [-0.2, 0) is 0 Å². The van der Waals surface area contributed by atoms with Crippen molar-refractivity contribution in [3.8, 4) is 0 Å². The number of carbonyl (C=O) groups excluding carboxylic acids is 1. The maximum Gasteiger partial charge on any atom is 0.256 e. The van der Waals surface area contributed by atoms with Crippen LogP contribution in [0.5, 0.6) is 0 Å². The maximum atomic E-state index is 12.6. The highest BCUT2D eigenvalue weighted by Gasteiger charge is 2.15. The average molecular weight is 334 g/mol. The van der Waals surface area contributed by atoms with Crippen molar-refractivity contribution in [2.24, 2.45) is 0 Å². The molecule has 2 heterocycles. The van der Waals surface area contributed by atoms with Crippen LogP contribution in [0.15, 0.2) is 54.7 Å². The smallest absolute Gasteiger partial charge is 0.256 e. The highest BCUT2D eigenvalue weighted by molar-refractivity contribution is 6.12. The summed E-state index contributed by atoms with van der Waals surface area (Å²) in [6.07, 6.45) is 1.85. The predicted molar refractivity (Wildman–Crippen MR) is 102 cm³/mol. The van der Waals surface area contributed by atoms with Crippen molar-refractivity contribution in [1.29, 1.82) is 0 Å². The zero-order chi connectivity index (χ0) is 17.2. The molecular weight excluding hydrogens is 312 g/mol. The lowest BCUT2D eigenvalue weighted by molar-refractivity contribution is 0.102. The van der Waals surface area contributed by atoms with Crippen LogP contribution in [0.3, 0.4) is 0 Å². The molecule has 2 aromatic carbocycles. The van der Waals surface area contributed by atoms with E-state index in [2.05, 4.69) is 39.3 Å². The summed E-state index contributed by atoms with van der Waals surface area (Å²) in [5.41, 5.74) is 3.68. The molecule has 0 bridgehead atoms. The number of nitrogens with zero attached hydrogens (tertiary/aromatic N) is 2. The average Bonchev–Trinajstić information content (AvgIpc) is 3.12. The van der Waals surface area contributed by atoms with Gasteiger partial charge in [0, 0.05) is 60.2 Å². The Bertz CT molecular complexity index is 876. The van der Waals surface area contributed by atoms with E-state index in [1.807, 2.05) is 42.6 Å². The summed E-state index contributed by atoms with van der Waals surface area (Å²) in [7, 11) is 2.15. The molecule has 5 heteroatoms. The zero-order valence-corrected chi connectivity index (χ0v) is 14.3. The third kappa shape index (κ3) is 3.23. The van der Waals surface area contributed by atoms with E-state index in [1.165, 1.54) is 5.69 Å². The van der Waals surface area contributed by atoms with Gasteiger partial charge >= 0.3 is 0 Å². The fraction of sp³-hybridized carbons (Fsp3) is 0.250. The zero-order valence-electron chi connectivity index (χ0n) is 14.3. The molecule has 1 amide bonds. The number of aromatic amines is 1. The van der Waals surface area contributed by atoms with Crippen molar-refractivity contribution in [3.05, 3.63) is 60.3 Å². The summed E-state index contributed by atoms with van der Waals surface area (Å²) in [6.45, 7) is 4.24.